The maximum atomic E-state index is 12.6. The molecule has 0 aliphatic heterocycles. The predicted octanol–water partition coefficient (Wildman–Crippen LogP) is 2.97. The van der Waals surface area contributed by atoms with Gasteiger partial charge in [0.25, 0.3) is 5.91 Å². The molecule has 122 valence electrons. The fourth-order valence-electron chi connectivity index (χ4n) is 2.60. The Labute approximate surface area is 142 Å². The Kier molecular flexibility index (Phi) is 4.02. The van der Waals surface area contributed by atoms with Crippen LogP contribution >= 0.6 is 11.3 Å². The van der Waals surface area contributed by atoms with Crippen molar-refractivity contribution in [3.8, 4) is 0 Å². The second-order valence-corrected chi connectivity index (χ2v) is 6.49. The number of amides is 2. The second kappa shape index (κ2) is 6.01. The maximum absolute atomic E-state index is 12.6. The Bertz CT molecular complexity index is 961. The van der Waals surface area contributed by atoms with Gasteiger partial charge in [-0.25, -0.2) is 9.97 Å². The average Bonchev–Trinajstić information content (AvgIpc) is 2.84. The molecule has 0 saturated heterocycles. The van der Waals surface area contributed by atoms with Gasteiger partial charge in [-0.2, -0.15) is 0 Å². The quantitative estimate of drug-likeness (QED) is 0.766. The van der Waals surface area contributed by atoms with Gasteiger partial charge >= 0.3 is 0 Å². The fourth-order valence-corrected chi connectivity index (χ4v) is 3.77. The van der Waals surface area contributed by atoms with E-state index in [0.29, 0.717) is 22.0 Å². The Morgan fingerprint density at radius 3 is 2.38 bits per heavy atom. The molecule has 2 heterocycles. The van der Waals surface area contributed by atoms with Gasteiger partial charge in [-0.15, -0.1) is 11.3 Å². The van der Waals surface area contributed by atoms with Crippen molar-refractivity contribution in [2.75, 3.05) is 5.32 Å². The van der Waals surface area contributed by atoms with Crippen LogP contribution < -0.4 is 11.1 Å². The summed E-state index contributed by atoms with van der Waals surface area (Å²) in [6, 6.07) is 6.45. The van der Waals surface area contributed by atoms with E-state index in [1.807, 2.05) is 20.8 Å². The molecular formula is C17H16N4O2S. The number of hydrogen-bond donors (Lipinski definition) is 2. The summed E-state index contributed by atoms with van der Waals surface area (Å²) in [7, 11) is 0. The van der Waals surface area contributed by atoms with Crippen LogP contribution in [-0.2, 0) is 0 Å². The lowest BCUT2D eigenvalue weighted by atomic mass is 10.1. The zero-order valence-electron chi connectivity index (χ0n) is 13.5. The molecule has 24 heavy (non-hydrogen) atoms. The number of carbonyl (C=O) groups is 2. The summed E-state index contributed by atoms with van der Waals surface area (Å²) in [5.41, 5.74) is 7.95. The number of nitrogens with zero attached hydrogens (tertiary/aromatic N) is 2. The number of rotatable bonds is 3. The van der Waals surface area contributed by atoms with Crippen molar-refractivity contribution in [3.63, 3.8) is 0 Å². The van der Waals surface area contributed by atoms with Gasteiger partial charge in [0, 0.05) is 22.3 Å². The minimum atomic E-state index is -0.502. The van der Waals surface area contributed by atoms with Gasteiger partial charge < -0.3 is 11.1 Å². The average molecular weight is 340 g/mol. The molecular weight excluding hydrogens is 324 g/mol. The van der Waals surface area contributed by atoms with Gasteiger partial charge in [0.05, 0.1) is 4.88 Å². The van der Waals surface area contributed by atoms with Crippen molar-refractivity contribution < 1.29 is 9.59 Å². The van der Waals surface area contributed by atoms with Crippen molar-refractivity contribution in [2.24, 2.45) is 5.73 Å². The Morgan fingerprint density at radius 1 is 1.08 bits per heavy atom. The molecule has 0 aliphatic rings. The first kappa shape index (κ1) is 16.1. The van der Waals surface area contributed by atoms with Crippen LogP contribution in [-0.4, -0.2) is 21.8 Å². The van der Waals surface area contributed by atoms with Crippen LogP contribution in [0.5, 0.6) is 0 Å². The molecule has 6 nitrogen and oxygen atoms in total. The zero-order chi connectivity index (χ0) is 17.4. The van der Waals surface area contributed by atoms with E-state index in [-0.39, 0.29) is 5.91 Å². The maximum Gasteiger partial charge on any atom is 0.266 e. The van der Waals surface area contributed by atoms with E-state index in [4.69, 9.17) is 5.73 Å². The predicted molar refractivity (Wildman–Crippen MR) is 94.5 cm³/mol. The lowest BCUT2D eigenvalue weighted by Crippen LogP contribution is -2.13. The van der Waals surface area contributed by atoms with E-state index in [9.17, 15) is 9.59 Å². The van der Waals surface area contributed by atoms with Crippen LogP contribution in [0.4, 0.5) is 5.69 Å². The highest BCUT2D eigenvalue weighted by Gasteiger charge is 2.18. The van der Waals surface area contributed by atoms with Gasteiger partial charge in [0.1, 0.15) is 10.7 Å². The van der Waals surface area contributed by atoms with Gasteiger partial charge in [0.2, 0.25) is 5.91 Å². The molecule has 0 unspecified atom stereocenters. The van der Waals surface area contributed by atoms with Crippen LogP contribution in [0.3, 0.4) is 0 Å². The van der Waals surface area contributed by atoms with E-state index < -0.39 is 5.91 Å². The summed E-state index contributed by atoms with van der Waals surface area (Å²) in [5, 5.41) is 3.76. The number of carbonyl (C=O) groups excluding carboxylic acids is 2. The van der Waals surface area contributed by atoms with E-state index in [0.717, 1.165) is 21.5 Å². The lowest BCUT2D eigenvalue weighted by molar-refractivity contribution is 0.0998. The molecule has 0 fully saturated rings. The number of fused-ring (bicyclic) bond motifs is 1. The topological polar surface area (TPSA) is 98.0 Å². The molecule has 0 radical (unpaired) electrons. The monoisotopic (exact) mass is 340 g/mol. The molecule has 2 amide bonds. The van der Waals surface area contributed by atoms with E-state index in [2.05, 4.69) is 15.3 Å². The van der Waals surface area contributed by atoms with Crippen molar-refractivity contribution in [2.45, 2.75) is 20.8 Å². The van der Waals surface area contributed by atoms with Crippen LogP contribution in [0.1, 0.15) is 37.1 Å². The van der Waals surface area contributed by atoms with Gasteiger partial charge in [0.15, 0.2) is 0 Å². The number of aryl methyl sites for hydroxylation is 3. The third kappa shape index (κ3) is 2.85. The third-order valence-electron chi connectivity index (χ3n) is 3.72. The summed E-state index contributed by atoms with van der Waals surface area (Å²) >= 11 is 1.35. The highest BCUT2D eigenvalue weighted by Crippen LogP contribution is 2.31. The molecule has 2 aromatic heterocycles. The number of aromatic nitrogens is 2. The number of nitrogens with one attached hydrogen (secondary N) is 1. The smallest absolute Gasteiger partial charge is 0.266 e. The standard InChI is InChI=1S/C17H16N4O2S/c1-8-13-9(2)19-10(3)20-17(13)24-14(8)16(23)21-12-6-4-11(5-7-12)15(18)22/h4-7H,1-3H3,(H2,18,22)(H,21,23). The minimum Gasteiger partial charge on any atom is -0.366 e. The Morgan fingerprint density at radius 2 is 1.75 bits per heavy atom. The number of hydrogen-bond acceptors (Lipinski definition) is 5. The number of anilines is 1. The molecule has 3 aromatic rings. The highest BCUT2D eigenvalue weighted by atomic mass is 32.1. The van der Waals surface area contributed by atoms with Gasteiger partial charge in [-0.05, 0) is 50.6 Å². The van der Waals surface area contributed by atoms with Crippen LogP contribution in [0, 0.1) is 20.8 Å². The lowest BCUT2D eigenvalue weighted by Gasteiger charge is -2.05. The summed E-state index contributed by atoms with van der Waals surface area (Å²) in [6.07, 6.45) is 0. The van der Waals surface area contributed by atoms with Gasteiger partial charge in [-0.3, -0.25) is 9.59 Å². The molecule has 0 bridgehead atoms. The van der Waals surface area contributed by atoms with Crippen LogP contribution in [0.2, 0.25) is 0 Å². The van der Waals surface area contributed by atoms with Gasteiger partial charge in [-0.1, -0.05) is 0 Å². The summed E-state index contributed by atoms with van der Waals surface area (Å²) in [5.74, 6) is -0.0210. The SMILES string of the molecule is Cc1nc(C)c2c(C)c(C(=O)Nc3ccc(C(N)=O)cc3)sc2n1. The molecule has 3 rings (SSSR count). The molecule has 7 heteroatoms. The number of nitrogens with two attached hydrogens (primary N) is 1. The van der Waals surface area contributed by atoms with E-state index >= 15 is 0 Å². The molecule has 0 atom stereocenters. The Balaban J connectivity index is 1.92. The van der Waals surface area contributed by atoms with Crippen LogP contribution in [0.15, 0.2) is 24.3 Å². The summed E-state index contributed by atoms with van der Waals surface area (Å²) < 4.78 is 0. The first-order valence-corrected chi connectivity index (χ1v) is 8.14. The molecule has 3 N–H and O–H groups in total. The first-order chi connectivity index (χ1) is 11.4. The van der Waals surface area contributed by atoms with E-state index in [1.54, 1.807) is 24.3 Å². The summed E-state index contributed by atoms with van der Waals surface area (Å²) in [4.78, 5) is 33.9. The number of benzene rings is 1. The number of thiophene rings is 1. The largest absolute Gasteiger partial charge is 0.366 e. The van der Waals surface area contributed by atoms with Crippen molar-refractivity contribution >= 4 is 39.1 Å². The zero-order valence-corrected chi connectivity index (χ0v) is 14.3. The second-order valence-electron chi connectivity index (χ2n) is 5.49. The highest BCUT2D eigenvalue weighted by molar-refractivity contribution is 7.20. The van der Waals surface area contributed by atoms with Crippen molar-refractivity contribution in [1.29, 1.82) is 0 Å². The van der Waals surface area contributed by atoms with Crippen LogP contribution in [0.25, 0.3) is 10.2 Å². The van der Waals surface area contributed by atoms with E-state index in [1.165, 1.54) is 11.3 Å². The Hall–Kier alpha value is -2.80. The first-order valence-electron chi connectivity index (χ1n) is 7.32. The van der Waals surface area contributed by atoms with Crippen molar-refractivity contribution in [3.05, 3.63) is 51.8 Å². The molecule has 0 spiro atoms. The minimum absolute atomic E-state index is 0.209. The molecule has 0 aliphatic carbocycles. The normalized spacial score (nSPS) is 10.8. The molecule has 0 saturated carbocycles. The summed E-state index contributed by atoms with van der Waals surface area (Å²) in [6.45, 7) is 5.65. The third-order valence-corrected chi connectivity index (χ3v) is 4.90. The molecule has 1 aromatic carbocycles. The fraction of sp³-hybridized carbons (Fsp3) is 0.176. The number of primary amides is 1. The van der Waals surface area contributed by atoms with Crippen molar-refractivity contribution in [1.82, 2.24) is 9.97 Å².